The second-order valence-corrected chi connectivity index (χ2v) is 7.81. The van der Waals surface area contributed by atoms with Crippen LogP contribution in [0.15, 0.2) is 48.5 Å². The average molecular weight is 428 g/mol. The number of rotatable bonds is 8. The molecule has 0 aliphatic heterocycles. The lowest BCUT2D eigenvalue weighted by Gasteiger charge is -2.19. The van der Waals surface area contributed by atoms with Crippen LogP contribution in [0.5, 0.6) is 5.75 Å². The molecular formula is C23H29N3O5. The van der Waals surface area contributed by atoms with Gasteiger partial charge in [-0.3, -0.25) is 9.59 Å². The summed E-state index contributed by atoms with van der Waals surface area (Å²) in [6.07, 6.45) is -0.435. The molecule has 2 rings (SSSR count). The Morgan fingerprint density at radius 2 is 1.61 bits per heavy atom. The molecule has 0 atom stereocenters. The lowest BCUT2D eigenvalue weighted by molar-refractivity contribution is -0.116. The van der Waals surface area contributed by atoms with Crippen molar-refractivity contribution in [2.24, 2.45) is 0 Å². The van der Waals surface area contributed by atoms with E-state index in [-0.39, 0.29) is 24.8 Å². The topological polar surface area (TPSA) is 106 Å². The van der Waals surface area contributed by atoms with Crippen LogP contribution in [0.4, 0.5) is 10.5 Å². The van der Waals surface area contributed by atoms with Crippen LogP contribution in [-0.4, -0.2) is 37.2 Å². The number of hydrogen-bond donors (Lipinski definition) is 3. The minimum absolute atomic E-state index is 0.121. The Bertz CT molecular complexity index is 904. The van der Waals surface area contributed by atoms with Crippen molar-refractivity contribution in [3.05, 3.63) is 59.7 Å². The van der Waals surface area contributed by atoms with Gasteiger partial charge in [-0.15, -0.1) is 0 Å². The van der Waals surface area contributed by atoms with Crippen molar-refractivity contribution < 1.29 is 23.9 Å². The number of nitrogens with one attached hydrogen (secondary N) is 3. The number of amides is 3. The first kappa shape index (κ1) is 23.7. The van der Waals surface area contributed by atoms with Crippen molar-refractivity contribution in [2.75, 3.05) is 19.0 Å². The molecular weight excluding hydrogens is 398 g/mol. The van der Waals surface area contributed by atoms with Gasteiger partial charge in [0.05, 0.1) is 12.7 Å². The van der Waals surface area contributed by atoms with E-state index in [1.54, 1.807) is 57.2 Å². The van der Waals surface area contributed by atoms with E-state index in [0.29, 0.717) is 23.5 Å². The standard InChI is InChI=1S/C23H29N3O5/c1-23(2,3)31-22(29)24-14-13-20(27)26-17-11-9-16(10-12-17)15-25-21(28)18-7-5-6-8-19(18)30-4/h5-12H,13-15H2,1-4H3,(H,24,29)(H,25,28)(H,26,27). The molecule has 2 aromatic carbocycles. The molecule has 0 fully saturated rings. The normalized spacial score (nSPS) is 10.7. The molecule has 0 aliphatic carbocycles. The van der Waals surface area contributed by atoms with Gasteiger partial charge in [-0.2, -0.15) is 0 Å². The number of alkyl carbamates (subject to hydrolysis) is 1. The molecule has 2 aromatic rings. The van der Waals surface area contributed by atoms with E-state index in [0.717, 1.165) is 5.56 Å². The maximum Gasteiger partial charge on any atom is 0.407 e. The maximum absolute atomic E-state index is 12.3. The summed E-state index contributed by atoms with van der Waals surface area (Å²) in [6.45, 7) is 5.82. The van der Waals surface area contributed by atoms with Crippen molar-refractivity contribution in [1.82, 2.24) is 10.6 Å². The van der Waals surface area contributed by atoms with E-state index in [1.165, 1.54) is 7.11 Å². The van der Waals surface area contributed by atoms with E-state index in [9.17, 15) is 14.4 Å². The molecule has 0 radical (unpaired) electrons. The van der Waals surface area contributed by atoms with Crippen LogP contribution in [0, 0.1) is 0 Å². The third-order valence-electron chi connectivity index (χ3n) is 4.06. The minimum Gasteiger partial charge on any atom is -0.496 e. The van der Waals surface area contributed by atoms with Crippen molar-refractivity contribution in [3.63, 3.8) is 0 Å². The zero-order chi connectivity index (χ0) is 22.9. The quantitative estimate of drug-likeness (QED) is 0.598. The molecule has 166 valence electrons. The predicted molar refractivity (Wildman–Crippen MR) is 118 cm³/mol. The largest absolute Gasteiger partial charge is 0.496 e. The van der Waals surface area contributed by atoms with E-state index >= 15 is 0 Å². The molecule has 31 heavy (non-hydrogen) atoms. The van der Waals surface area contributed by atoms with Crippen LogP contribution in [0.2, 0.25) is 0 Å². The van der Waals surface area contributed by atoms with Gasteiger partial charge in [-0.05, 0) is 50.6 Å². The minimum atomic E-state index is -0.583. The number of methoxy groups -OCH3 is 1. The summed E-state index contributed by atoms with van der Waals surface area (Å²) in [6, 6.07) is 14.1. The fourth-order valence-corrected chi connectivity index (χ4v) is 2.63. The number of carbonyl (C=O) groups excluding carboxylic acids is 3. The second-order valence-electron chi connectivity index (χ2n) is 7.81. The summed E-state index contributed by atoms with van der Waals surface area (Å²) in [4.78, 5) is 35.9. The lowest BCUT2D eigenvalue weighted by atomic mass is 10.1. The Kier molecular flexibility index (Phi) is 8.43. The highest BCUT2D eigenvalue weighted by Gasteiger charge is 2.16. The summed E-state index contributed by atoms with van der Waals surface area (Å²) in [5.41, 5.74) is 1.39. The Labute approximate surface area is 182 Å². The summed E-state index contributed by atoms with van der Waals surface area (Å²) >= 11 is 0. The van der Waals surface area contributed by atoms with Gasteiger partial charge in [0, 0.05) is 25.2 Å². The monoisotopic (exact) mass is 427 g/mol. The second kappa shape index (κ2) is 11.0. The zero-order valence-corrected chi connectivity index (χ0v) is 18.3. The van der Waals surface area contributed by atoms with Gasteiger partial charge < -0.3 is 25.4 Å². The zero-order valence-electron chi connectivity index (χ0n) is 18.3. The summed E-state index contributed by atoms with van der Waals surface area (Å²) in [7, 11) is 1.52. The number of anilines is 1. The fraction of sp³-hybridized carbons (Fsp3) is 0.348. The number of benzene rings is 2. The Hall–Kier alpha value is -3.55. The van der Waals surface area contributed by atoms with Gasteiger partial charge in [-0.1, -0.05) is 24.3 Å². The predicted octanol–water partition coefficient (Wildman–Crippen LogP) is 3.48. The molecule has 3 N–H and O–H groups in total. The van der Waals surface area contributed by atoms with Gasteiger partial charge in [-0.25, -0.2) is 4.79 Å². The number of ether oxygens (including phenoxy) is 2. The summed E-state index contributed by atoms with van der Waals surface area (Å²) < 4.78 is 10.3. The van der Waals surface area contributed by atoms with E-state index < -0.39 is 11.7 Å². The average Bonchev–Trinajstić information content (AvgIpc) is 2.71. The number of carbonyl (C=O) groups is 3. The molecule has 0 aliphatic rings. The molecule has 0 unspecified atom stereocenters. The van der Waals surface area contributed by atoms with Crippen LogP contribution in [0.1, 0.15) is 43.1 Å². The van der Waals surface area contributed by atoms with Crippen molar-refractivity contribution in [1.29, 1.82) is 0 Å². The van der Waals surface area contributed by atoms with Gasteiger partial charge in [0.1, 0.15) is 11.4 Å². The van der Waals surface area contributed by atoms with Crippen LogP contribution in [-0.2, 0) is 16.1 Å². The van der Waals surface area contributed by atoms with Gasteiger partial charge >= 0.3 is 6.09 Å². The number of para-hydroxylation sites is 1. The fourth-order valence-electron chi connectivity index (χ4n) is 2.63. The first-order chi connectivity index (χ1) is 14.7. The van der Waals surface area contributed by atoms with E-state index in [2.05, 4.69) is 16.0 Å². The molecule has 8 nitrogen and oxygen atoms in total. The van der Waals surface area contributed by atoms with Crippen molar-refractivity contribution in [2.45, 2.75) is 39.3 Å². The van der Waals surface area contributed by atoms with Crippen LogP contribution < -0.4 is 20.7 Å². The molecule has 0 spiro atoms. The SMILES string of the molecule is COc1ccccc1C(=O)NCc1ccc(NC(=O)CCNC(=O)OC(C)(C)C)cc1. The molecule has 0 saturated carbocycles. The Balaban J connectivity index is 1.77. The van der Waals surface area contributed by atoms with Crippen molar-refractivity contribution >= 4 is 23.6 Å². The number of hydrogen-bond acceptors (Lipinski definition) is 5. The first-order valence-corrected chi connectivity index (χ1v) is 9.95. The van der Waals surface area contributed by atoms with Gasteiger partial charge in [0.25, 0.3) is 5.91 Å². The summed E-state index contributed by atoms with van der Waals surface area (Å²) in [5.74, 6) is 0.0554. The van der Waals surface area contributed by atoms with Gasteiger partial charge in [0.2, 0.25) is 5.91 Å². The van der Waals surface area contributed by atoms with Crippen LogP contribution >= 0.6 is 0 Å². The van der Waals surface area contributed by atoms with Crippen LogP contribution in [0.25, 0.3) is 0 Å². The third kappa shape index (κ3) is 8.38. The van der Waals surface area contributed by atoms with E-state index in [4.69, 9.17) is 9.47 Å². The molecule has 0 aromatic heterocycles. The highest BCUT2D eigenvalue weighted by atomic mass is 16.6. The summed E-state index contributed by atoms with van der Waals surface area (Å²) in [5, 5.41) is 8.15. The molecule has 0 bridgehead atoms. The molecule has 0 heterocycles. The van der Waals surface area contributed by atoms with Crippen LogP contribution in [0.3, 0.4) is 0 Å². The Morgan fingerprint density at radius 3 is 2.26 bits per heavy atom. The maximum atomic E-state index is 12.3. The van der Waals surface area contributed by atoms with Gasteiger partial charge in [0.15, 0.2) is 0 Å². The highest BCUT2D eigenvalue weighted by Crippen LogP contribution is 2.17. The smallest absolute Gasteiger partial charge is 0.407 e. The Morgan fingerprint density at radius 1 is 0.935 bits per heavy atom. The highest BCUT2D eigenvalue weighted by molar-refractivity contribution is 5.96. The first-order valence-electron chi connectivity index (χ1n) is 9.95. The molecule has 3 amide bonds. The molecule has 0 saturated heterocycles. The third-order valence-corrected chi connectivity index (χ3v) is 4.06. The lowest BCUT2D eigenvalue weighted by Crippen LogP contribution is -2.34. The molecule has 8 heteroatoms. The van der Waals surface area contributed by atoms with E-state index in [1.807, 2.05) is 12.1 Å². The van der Waals surface area contributed by atoms with Crippen molar-refractivity contribution in [3.8, 4) is 5.75 Å².